The standard InChI is InChI=1S/C17H19N3OS2/c21-17(19-14-7-12-5-6-20(9-12)10-14)13-1-3-15(4-2-13)23-16-8-18-11-22-16/h1-4,8,11-12,14H,5-7,9-10H2,(H,19,21)/t12-,14+/m0/s1. The highest BCUT2D eigenvalue weighted by molar-refractivity contribution is 8.01. The van der Waals surface area contributed by atoms with Crippen LogP contribution in [0.25, 0.3) is 0 Å². The normalized spacial score (nSPS) is 26.2. The van der Waals surface area contributed by atoms with Crippen LogP contribution in [-0.4, -0.2) is 41.5 Å². The molecule has 1 amide bonds. The fourth-order valence-corrected chi connectivity index (χ4v) is 5.05. The maximum absolute atomic E-state index is 12.4. The van der Waals surface area contributed by atoms with Crippen molar-refractivity contribution < 1.29 is 4.79 Å². The summed E-state index contributed by atoms with van der Waals surface area (Å²) >= 11 is 3.30. The first-order valence-electron chi connectivity index (χ1n) is 7.96. The summed E-state index contributed by atoms with van der Waals surface area (Å²) in [5.74, 6) is 0.819. The average molecular weight is 345 g/mol. The Balaban J connectivity index is 1.36. The van der Waals surface area contributed by atoms with Gasteiger partial charge in [0.25, 0.3) is 5.91 Å². The molecule has 2 aliphatic rings. The third kappa shape index (κ3) is 3.59. The van der Waals surface area contributed by atoms with Gasteiger partial charge in [-0.15, -0.1) is 11.3 Å². The van der Waals surface area contributed by atoms with Crippen LogP contribution in [0.2, 0.25) is 0 Å². The molecule has 0 radical (unpaired) electrons. The van der Waals surface area contributed by atoms with Crippen molar-refractivity contribution in [3.63, 3.8) is 0 Å². The Morgan fingerprint density at radius 1 is 1.30 bits per heavy atom. The van der Waals surface area contributed by atoms with Gasteiger partial charge < -0.3 is 10.2 Å². The summed E-state index contributed by atoms with van der Waals surface area (Å²) in [4.78, 5) is 20.1. The zero-order valence-electron chi connectivity index (χ0n) is 12.8. The van der Waals surface area contributed by atoms with E-state index in [1.807, 2.05) is 36.0 Å². The predicted octanol–water partition coefficient (Wildman–Crippen LogP) is 3.12. The van der Waals surface area contributed by atoms with E-state index in [9.17, 15) is 4.79 Å². The number of thiazole rings is 1. The van der Waals surface area contributed by atoms with Crippen molar-refractivity contribution in [3.05, 3.63) is 41.5 Å². The van der Waals surface area contributed by atoms with Crippen LogP contribution in [0.5, 0.6) is 0 Å². The lowest BCUT2D eigenvalue weighted by atomic mass is 9.96. The Labute approximate surface area is 144 Å². The SMILES string of the molecule is O=C(N[C@@H]1C[C@@H]2CCN(C2)C1)c1ccc(Sc2cncs2)cc1. The number of amides is 1. The van der Waals surface area contributed by atoms with Gasteiger partial charge in [0.15, 0.2) is 0 Å². The first kappa shape index (κ1) is 15.2. The Hall–Kier alpha value is -1.37. The van der Waals surface area contributed by atoms with Crippen molar-refractivity contribution in [1.82, 2.24) is 15.2 Å². The van der Waals surface area contributed by atoms with Crippen molar-refractivity contribution in [2.24, 2.45) is 5.92 Å². The number of nitrogens with zero attached hydrogens (tertiary/aromatic N) is 2. The van der Waals surface area contributed by atoms with Crippen LogP contribution in [0.3, 0.4) is 0 Å². The number of fused-ring (bicyclic) bond motifs is 2. The van der Waals surface area contributed by atoms with Gasteiger partial charge in [0.05, 0.1) is 15.9 Å². The fourth-order valence-electron chi connectivity index (χ4n) is 3.48. The van der Waals surface area contributed by atoms with Gasteiger partial charge in [-0.2, -0.15) is 0 Å². The highest BCUT2D eigenvalue weighted by atomic mass is 32.2. The zero-order chi connectivity index (χ0) is 15.6. The lowest BCUT2D eigenvalue weighted by Crippen LogP contribution is -2.47. The van der Waals surface area contributed by atoms with Gasteiger partial charge in [-0.1, -0.05) is 11.8 Å². The third-order valence-corrected chi connectivity index (χ3v) is 6.46. The number of carbonyl (C=O) groups is 1. The maximum Gasteiger partial charge on any atom is 0.251 e. The molecule has 1 N–H and O–H groups in total. The van der Waals surface area contributed by atoms with E-state index in [0.29, 0.717) is 6.04 Å². The Morgan fingerprint density at radius 2 is 2.17 bits per heavy atom. The highest BCUT2D eigenvalue weighted by Crippen LogP contribution is 2.30. The number of rotatable bonds is 4. The topological polar surface area (TPSA) is 45.2 Å². The second-order valence-corrected chi connectivity index (χ2v) is 8.53. The average Bonchev–Trinajstić information content (AvgIpc) is 3.18. The predicted molar refractivity (Wildman–Crippen MR) is 93.1 cm³/mol. The van der Waals surface area contributed by atoms with Gasteiger partial charge in [0.2, 0.25) is 0 Å². The molecule has 2 saturated heterocycles. The summed E-state index contributed by atoms with van der Waals surface area (Å²) in [6.45, 7) is 3.41. The van der Waals surface area contributed by atoms with Gasteiger partial charge in [-0.3, -0.25) is 9.78 Å². The molecule has 1 unspecified atom stereocenters. The molecule has 0 spiro atoms. The molecule has 0 aliphatic carbocycles. The molecule has 2 aromatic rings. The molecule has 3 atom stereocenters. The molecule has 0 saturated carbocycles. The number of piperidine rings is 1. The third-order valence-electron chi connectivity index (χ3n) is 4.55. The maximum atomic E-state index is 12.4. The lowest BCUT2D eigenvalue weighted by molar-refractivity contribution is 0.0909. The van der Waals surface area contributed by atoms with E-state index in [1.54, 1.807) is 23.1 Å². The first-order valence-corrected chi connectivity index (χ1v) is 9.65. The van der Waals surface area contributed by atoms with Crippen molar-refractivity contribution in [2.45, 2.75) is 28.0 Å². The van der Waals surface area contributed by atoms with Gasteiger partial charge in [0.1, 0.15) is 0 Å². The summed E-state index contributed by atoms with van der Waals surface area (Å²) in [5.41, 5.74) is 2.57. The van der Waals surface area contributed by atoms with Crippen molar-refractivity contribution in [1.29, 1.82) is 0 Å². The molecule has 6 heteroatoms. The minimum Gasteiger partial charge on any atom is -0.348 e. The number of nitrogens with one attached hydrogen (secondary N) is 1. The van der Waals surface area contributed by atoms with Crippen molar-refractivity contribution in [2.75, 3.05) is 19.6 Å². The van der Waals surface area contributed by atoms with Crippen molar-refractivity contribution in [3.8, 4) is 0 Å². The first-order chi connectivity index (χ1) is 11.3. The van der Waals surface area contributed by atoms with Crippen molar-refractivity contribution >= 4 is 29.0 Å². The number of hydrogen-bond acceptors (Lipinski definition) is 5. The van der Waals surface area contributed by atoms with E-state index in [2.05, 4.69) is 15.2 Å². The van der Waals surface area contributed by atoms with Crippen LogP contribution in [-0.2, 0) is 0 Å². The zero-order valence-corrected chi connectivity index (χ0v) is 14.4. The van der Waals surface area contributed by atoms with Crippen LogP contribution in [0.1, 0.15) is 23.2 Å². The van der Waals surface area contributed by atoms with Crippen LogP contribution in [0.15, 0.2) is 45.1 Å². The number of aromatic nitrogens is 1. The molecule has 23 heavy (non-hydrogen) atoms. The monoisotopic (exact) mass is 345 g/mol. The number of carbonyl (C=O) groups excluding carboxylic acids is 1. The second kappa shape index (κ2) is 6.63. The fraction of sp³-hybridized carbons (Fsp3) is 0.412. The van der Waals surface area contributed by atoms with E-state index in [4.69, 9.17) is 0 Å². The van der Waals surface area contributed by atoms with Gasteiger partial charge in [0, 0.05) is 29.6 Å². The summed E-state index contributed by atoms with van der Waals surface area (Å²) in [7, 11) is 0. The number of hydrogen-bond donors (Lipinski definition) is 1. The van der Waals surface area contributed by atoms with E-state index < -0.39 is 0 Å². The summed E-state index contributed by atoms with van der Waals surface area (Å²) in [6, 6.07) is 8.14. The van der Waals surface area contributed by atoms with Crippen LogP contribution >= 0.6 is 23.1 Å². The summed E-state index contributed by atoms with van der Waals surface area (Å²) in [6.07, 6.45) is 4.28. The van der Waals surface area contributed by atoms with Crippen LogP contribution < -0.4 is 5.32 Å². The van der Waals surface area contributed by atoms with E-state index in [0.717, 1.165) is 33.6 Å². The van der Waals surface area contributed by atoms with E-state index in [-0.39, 0.29) is 5.91 Å². The van der Waals surface area contributed by atoms with Gasteiger partial charge >= 0.3 is 0 Å². The largest absolute Gasteiger partial charge is 0.348 e. The Kier molecular flexibility index (Phi) is 4.37. The number of benzene rings is 1. The molecule has 3 heterocycles. The lowest BCUT2D eigenvalue weighted by Gasteiger charge is -2.30. The van der Waals surface area contributed by atoms with Gasteiger partial charge in [-0.25, -0.2) is 0 Å². The smallest absolute Gasteiger partial charge is 0.251 e. The summed E-state index contributed by atoms with van der Waals surface area (Å²) < 4.78 is 1.16. The van der Waals surface area contributed by atoms with Crippen LogP contribution in [0.4, 0.5) is 0 Å². The molecular formula is C17H19N3OS2. The molecule has 2 aliphatic heterocycles. The van der Waals surface area contributed by atoms with Crippen LogP contribution in [0, 0.1) is 5.92 Å². The molecular weight excluding hydrogens is 326 g/mol. The molecule has 2 bridgehead atoms. The summed E-state index contributed by atoms with van der Waals surface area (Å²) in [5, 5.41) is 3.21. The van der Waals surface area contributed by atoms with E-state index in [1.165, 1.54) is 19.5 Å². The molecule has 2 fully saturated rings. The quantitative estimate of drug-likeness (QED) is 0.925. The van der Waals surface area contributed by atoms with E-state index >= 15 is 0 Å². The molecule has 1 aromatic heterocycles. The second-order valence-electron chi connectivity index (χ2n) is 6.27. The molecule has 120 valence electrons. The minimum absolute atomic E-state index is 0.0480. The van der Waals surface area contributed by atoms with Gasteiger partial charge in [-0.05, 0) is 49.6 Å². The Morgan fingerprint density at radius 3 is 2.91 bits per heavy atom. The Bertz CT molecular complexity index is 660. The molecule has 1 aromatic carbocycles. The molecule has 4 nitrogen and oxygen atoms in total. The molecule has 4 rings (SSSR count). The highest BCUT2D eigenvalue weighted by Gasteiger charge is 2.32. The minimum atomic E-state index is 0.0480.